The first-order valence-electron chi connectivity index (χ1n) is 10.9. The highest BCUT2D eigenvalue weighted by atomic mass is 16.6. The molecule has 1 N–H and O–H groups in total. The number of carbonyl (C=O) groups is 1. The second-order valence-electron chi connectivity index (χ2n) is 7.93. The minimum absolute atomic E-state index is 0.147. The molecule has 0 unspecified atom stereocenters. The normalized spacial score (nSPS) is 12.5. The van der Waals surface area contributed by atoms with Gasteiger partial charge in [-0.25, -0.2) is 4.98 Å². The van der Waals surface area contributed by atoms with E-state index in [1.54, 1.807) is 28.8 Å². The summed E-state index contributed by atoms with van der Waals surface area (Å²) in [6, 6.07) is 20.3. The smallest absolute Gasteiger partial charge is 0.265 e. The van der Waals surface area contributed by atoms with Gasteiger partial charge in [0.25, 0.3) is 5.56 Å². The second kappa shape index (κ2) is 8.78. The van der Waals surface area contributed by atoms with Crippen molar-refractivity contribution < 1.29 is 14.3 Å². The number of benzene rings is 3. The van der Waals surface area contributed by atoms with Crippen molar-refractivity contribution in [1.29, 1.82) is 0 Å². The number of para-hydroxylation sites is 1. The van der Waals surface area contributed by atoms with Gasteiger partial charge in [0.2, 0.25) is 5.91 Å². The van der Waals surface area contributed by atoms with Crippen molar-refractivity contribution in [1.82, 2.24) is 9.55 Å². The summed E-state index contributed by atoms with van der Waals surface area (Å²) in [5, 5.41) is 3.44. The van der Waals surface area contributed by atoms with E-state index < -0.39 is 0 Å². The number of fused-ring (bicyclic) bond motifs is 2. The van der Waals surface area contributed by atoms with Crippen molar-refractivity contribution >= 4 is 22.5 Å². The van der Waals surface area contributed by atoms with E-state index in [0.717, 1.165) is 11.3 Å². The van der Waals surface area contributed by atoms with E-state index in [4.69, 9.17) is 14.5 Å². The molecule has 0 aliphatic carbocycles. The van der Waals surface area contributed by atoms with Crippen molar-refractivity contribution in [2.45, 2.75) is 19.8 Å². The van der Waals surface area contributed by atoms with Crippen LogP contribution in [0.2, 0.25) is 0 Å². The lowest BCUT2D eigenvalue weighted by Crippen LogP contribution is -2.25. The van der Waals surface area contributed by atoms with Crippen molar-refractivity contribution in [2.75, 3.05) is 18.5 Å². The molecule has 0 atom stereocenters. The fourth-order valence-electron chi connectivity index (χ4n) is 3.88. The number of rotatable bonds is 5. The Balaban J connectivity index is 1.41. The van der Waals surface area contributed by atoms with Gasteiger partial charge < -0.3 is 14.8 Å². The number of aromatic nitrogens is 2. The summed E-state index contributed by atoms with van der Waals surface area (Å²) < 4.78 is 12.7. The summed E-state index contributed by atoms with van der Waals surface area (Å²) >= 11 is 0. The van der Waals surface area contributed by atoms with Crippen LogP contribution in [0.1, 0.15) is 17.8 Å². The Hall–Kier alpha value is -4.13. The third-order valence-electron chi connectivity index (χ3n) is 5.54. The number of ether oxygens (including phenoxy) is 2. The SMILES string of the molecule is Cc1ccc(-n2c(CCC(=O)Nc3ccc4c(c3)OCCO4)nc3ccccc3c2=O)cc1. The topological polar surface area (TPSA) is 82.5 Å². The summed E-state index contributed by atoms with van der Waals surface area (Å²) in [5.41, 5.74) is 2.93. The Morgan fingerprint density at radius 2 is 1.76 bits per heavy atom. The zero-order chi connectivity index (χ0) is 22.8. The Labute approximate surface area is 190 Å². The van der Waals surface area contributed by atoms with Gasteiger partial charge in [0, 0.05) is 24.6 Å². The van der Waals surface area contributed by atoms with Gasteiger partial charge in [-0.1, -0.05) is 29.8 Å². The molecule has 1 aliphatic rings. The molecule has 0 spiro atoms. The molecule has 0 fully saturated rings. The predicted molar refractivity (Wildman–Crippen MR) is 126 cm³/mol. The summed E-state index contributed by atoms with van der Waals surface area (Å²) in [7, 11) is 0. The van der Waals surface area contributed by atoms with E-state index in [1.165, 1.54) is 0 Å². The highest BCUT2D eigenvalue weighted by Gasteiger charge is 2.16. The van der Waals surface area contributed by atoms with Crippen LogP contribution in [0.25, 0.3) is 16.6 Å². The first kappa shape index (κ1) is 20.8. The second-order valence-corrected chi connectivity index (χ2v) is 7.93. The highest BCUT2D eigenvalue weighted by molar-refractivity contribution is 5.91. The van der Waals surface area contributed by atoms with Crippen LogP contribution in [-0.4, -0.2) is 28.7 Å². The largest absolute Gasteiger partial charge is 0.486 e. The number of nitrogens with zero attached hydrogens (tertiary/aromatic N) is 2. The van der Waals surface area contributed by atoms with Crippen LogP contribution in [0.3, 0.4) is 0 Å². The lowest BCUT2D eigenvalue weighted by Gasteiger charge is -2.19. The van der Waals surface area contributed by atoms with E-state index in [0.29, 0.717) is 53.5 Å². The van der Waals surface area contributed by atoms with E-state index in [1.807, 2.05) is 49.4 Å². The van der Waals surface area contributed by atoms with Crippen molar-refractivity contribution in [2.24, 2.45) is 0 Å². The summed E-state index contributed by atoms with van der Waals surface area (Å²) in [6.07, 6.45) is 0.482. The molecule has 166 valence electrons. The van der Waals surface area contributed by atoms with Crippen LogP contribution in [-0.2, 0) is 11.2 Å². The monoisotopic (exact) mass is 441 g/mol. The molecule has 2 heterocycles. The van der Waals surface area contributed by atoms with E-state index in [9.17, 15) is 9.59 Å². The number of nitrogens with one attached hydrogen (secondary N) is 1. The van der Waals surface area contributed by atoms with Gasteiger partial charge in [0.15, 0.2) is 11.5 Å². The lowest BCUT2D eigenvalue weighted by atomic mass is 10.2. The Bertz CT molecular complexity index is 1390. The molecular formula is C26H23N3O4. The van der Waals surface area contributed by atoms with E-state index in [2.05, 4.69) is 5.32 Å². The number of hydrogen-bond acceptors (Lipinski definition) is 5. The number of amides is 1. The van der Waals surface area contributed by atoms with Crippen LogP contribution < -0.4 is 20.3 Å². The summed E-state index contributed by atoms with van der Waals surface area (Å²) in [5.74, 6) is 1.65. The Morgan fingerprint density at radius 1 is 1.00 bits per heavy atom. The van der Waals surface area contributed by atoms with Crippen LogP contribution in [0.4, 0.5) is 5.69 Å². The number of anilines is 1. The molecule has 0 saturated heterocycles. The molecule has 3 aromatic carbocycles. The van der Waals surface area contributed by atoms with Gasteiger partial charge >= 0.3 is 0 Å². The number of hydrogen-bond donors (Lipinski definition) is 1. The third kappa shape index (κ3) is 4.30. The lowest BCUT2D eigenvalue weighted by molar-refractivity contribution is -0.116. The maximum atomic E-state index is 13.3. The molecule has 0 radical (unpaired) electrons. The van der Waals surface area contributed by atoms with Crippen LogP contribution in [0.15, 0.2) is 71.5 Å². The quantitative estimate of drug-likeness (QED) is 0.506. The average Bonchev–Trinajstić information content (AvgIpc) is 2.84. The van der Waals surface area contributed by atoms with E-state index >= 15 is 0 Å². The van der Waals surface area contributed by atoms with E-state index in [-0.39, 0.29) is 17.9 Å². The molecule has 33 heavy (non-hydrogen) atoms. The van der Waals surface area contributed by atoms with Gasteiger partial charge in [-0.3, -0.25) is 14.2 Å². The Kier molecular flexibility index (Phi) is 5.52. The van der Waals surface area contributed by atoms with Crippen molar-refractivity contribution in [3.8, 4) is 17.2 Å². The first-order chi connectivity index (χ1) is 16.1. The molecule has 0 saturated carbocycles. The molecule has 0 bridgehead atoms. The molecule has 1 amide bonds. The predicted octanol–water partition coefficient (Wildman–Crippen LogP) is 4.04. The van der Waals surface area contributed by atoms with Crippen LogP contribution in [0.5, 0.6) is 11.5 Å². The van der Waals surface area contributed by atoms with Crippen molar-refractivity contribution in [3.63, 3.8) is 0 Å². The molecular weight excluding hydrogens is 418 g/mol. The maximum Gasteiger partial charge on any atom is 0.265 e. The summed E-state index contributed by atoms with van der Waals surface area (Å²) in [6.45, 7) is 2.99. The minimum Gasteiger partial charge on any atom is -0.486 e. The Morgan fingerprint density at radius 3 is 2.58 bits per heavy atom. The zero-order valence-corrected chi connectivity index (χ0v) is 18.2. The molecule has 7 heteroatoms. The third-order valence-corrected chi connectivity index (χ3v) is 5.54. The zero-order valence-electron chi connectivity index (χ0n) is 18.2. The standard InChI is InChI=1S/C26H23N3O4/c1-17-6-9-19(10-7-17)29-24(28-21-5-3-2-4-20(21)26(29)31)12-13-25(30)27-18-8-11-22-23(16-18)33-15-14-32-22/h2-11,16H,12-15H2,1H3,(H,27,30). The summed E-state index contributed by atoms with van der Waals surface area (Å²) in [4.78, 5) is 30.7. The van der Waals surface area contributed by atoms with Gasteiger partial charge in [-0.15, -0.1) is 0 Å². The fourth-order valence-corrected chi connectivity index (χ4v) is 3.88. The maximum absolute atomic E-state index is 13.3. The highest BCUT2D eigenvalue weighted by Crippen LogP contribution is 2.32. The van der Waals surface area contributed by atoms with Crippen LogP contribution >= 0.6 is 0 Å². The first-order valence-corrected chi connectivity index (χ1v) is 10.9. The van der Waals surface area contributed by atoms with Crippen molar-refractivity contribution in [3.05, 3.63) is 88.5 Å². The average molecular weight is 441 g/mol. The minimum atomic E-state index is -0.176. The number of carbonyl (C=O) groups excluding carboxylic acids is 1. The molecule has 1 aliphatic heterocycles. The van der Waals surface area contributed by atoms with Gasteiger partial charge in [0.05, 0.1) is 16.6 Å². The molecule has 4 aromatic rings. The van der Waals surface area contributed by atoms with Gasteiger partial charge in [-0.2, -0.15) is 0 Å². The molecule has 5 rings (SSSR count). The van der Waals surface area contributed by atoms with Gasteiger partial charge in [0.1, 0.15) is 19.0 Å². The molecule has 7 nitrogen and oxygen atoms in total. The number of aryl methyl sites for hydroxylation is 2. The van der Waals surface area contributed by atoms with Gasteiger partial charge in [-0.05, 0) is 43.3 Å². The fraction of sp³-hybridized carbons (Fsp3) is 0.192. The molecule has 1 aromatic heterocycles. The van der Waals surface area contributed by atoms with Crippen LogP contribution in [0, 0.1) is 6.92 Å².